The molecule has 1 aliphatic rings. The average molecular weight is 398 g/mol. The van der Waals surface area contributed by atoms with Crippen LogP contribution in [0.15, 0.2) is 47.4 Å². The van der Waals surface area contributed by atoms with Gasteiger partial charge in [-0.1, -0.05) is 12.1 Å². The zero-order valence-electron chi connectivity index (χ0n) is 15.1. The van der Waals surface area contributed by atoms with Crippen LogP contribution >= 0.6 is 11.8 Å². The number of fused-ring (bicyclic) bond motifs is 1. The van der Waals surface area contributed by atoms with Gasteiger partial charge < -0.3 is 15.4 Å². The Hall–Kier alpha value is -3.13. The molecule has 3 rings (SSSR count). The number of hydrogen-bond acceptors (Lipinski definition) is 6. The fraction of sp³-hybridized carbons (Fsp3) is 0.200. The van der Waals surface area contributed by atoms with E-state index in [0.29, 0.717) is 29.1 Å². The largest absolute Gasteiger partial charge is 0.452 e. The molecular formula is C20H18N2O5S. The third kappa shape index (κ3) is 4.77. The molecule has 0 aliphatic carbocycles. The molecule has 0 saturated carbocycles. The summed E-state index contributed by atoms with van der Waals surface area (Å²) in [6, 6.07) is 11.5. The van der Waals surface area contributed by atoms with Gasteiger partial charge in [-0.15, -0.1) is 11.8 Å². The molecule has 2 amide bonds. The van der Waals surface area contributed by atoms with Gasteiger partial charge in [-0.25, -0.2) is 4.79 Å². The van der Waals surface area contributed by atoms with Crippen LogP contribution in [-0.2, 0) is 14.3 Å². The van der Waals surface area contributed by atoms with Gasteiger partial charge in [0.1, 0.15) is 0 Å². The number of ether oxygens (including phenoxy) is 1. The number of anilines is 2. The SMILES string of the molecule is CC(=O)c1ccccc1NC(=O)COC(=O)c1ccc2c(c1)NC(=O)CCS2. The van der Waals surface area contributed by atoms with Crippen LogP contribution in [-0.4, -0.2) is 35.9 Å². The summed E-state index contributed by atoms with van der Waals surface area (Å²) in [5, 5.41) is 5.32. The molecule has 0 bridgehead atoms. The predicted molar refractivity (Wildman–Crippen MR) is 106 cm³/mol. The minimum Gasteiger partial charge on any atom is -0.452 e. The number of amides is 2. The number of esters is 1. The van der Waals surface area contributed by atoms with E-state index >= 15 is 0 Å². The van der Waals surface area contributed by atoms with Crippen LogP contribution in [0, 0.1) is 0 Å². The second-order valence-electron chi connectivity index (χ2n) is 6.08. The first-order valence-electron chi connectivity index (χ1n) is 8.57. The normalized spacial score (nSPS) is 13.0. The molecule has 2 aromatic carbocycles. The number of Topliss-reactive ketones (excluding diaryl/α,β-unsaturated/α-hetero) is 1. The lowest BCUT2D eigenvalue weighted by Crippen LogP contribution is -2.22. The highest BCUT2D eigenvalue weighted by atomic mass is 32.2. The molecule has 1 heterocycles. The van der Waals surface area contributed by atoms with E-state index in [0.717, 1.165) is 4.90 Å². The molecule has 2 N–H and O–H groups in total. The first-order valence-corrected chi connectivity index (χ1v) is 9.56. The molecule has 0 saturated heterocycles. The highest BCUT2D eigenvalue weighted by molar-refractivity contribution is 7.99. The number of carbonyl (C=O) groups excluding carboxylic acids is 4. The summed E-state index contributed by atoms with van der Waals surface area (Å²) >= 11 is 1.53. The molecule has 0 atom stereocenters. The van der Waals surface area contributed by atoms with Crippen LogP contribution < -0.4 is 10.6 Å². The Balaban J connectivity index is 1.62. The number of benzene rings is 2. The number of para-hydroxylation sites is 1. The third-order valence-electron chi connectivity index (χ3n) is 3.99. The Morgan fingerprint density at radius 3 is 2.75 bits per heavy atom. The van der Waals surface area contributed by atoms with Gasteiger partial charge in [0.15, 0.2) is 12.4 Å². The second-order valence-corrected chi connectivity index (χ2v) is 7.22. The molecular weight excluding hydrogens is 380 g/mol. The number of ketones is 1. The maximum atomic E-state index is 12.3. The van der Waals surface area contributed by atoms with E-state index in [1.807, 2.05) is 0 Å². The summed E-state index contributed by atoms with van der Waals surface area (Å²) in [5.74, 6) is -0.857. The summed E-state index contributed by atoms with van der Waals surface area (Å²) < 4.78 is 5.06. The van der Waals surface area contributed by atoms with Gasteiger partial charge in [-0.2, -0.15) is 0 Å². The van der Waals surface area contributed by atoms with Crippen molar-refractivity contribution < 1.29 is 23.9 Å². The van der Waals surface area contributed by atoms with E-state index in [4.69, 9.17) is 4.74 Å². The Morgan fingerprint density at radius 1 is 1.18 bits per heavy atom. The van der Waals surface area contributed by atoms with E-state index in [2.05, 4.69) is 10.6 Å². The highest BCUT2D eigenvalue weighted by Gasteiger charge is 2.17. The summed E-state index contributed by atoms with van der Waals surface area (Å²) in [7, 11) is 0. The van der Waals surface area contributed by atoms with E-state index < -0.39 is 18.5 Å². The zero-order chi connectivity index (χ0) is 20.1. The molecule has 28 heavy (non-hydrogen) atoms. The molecule has 0 unspecified atom stereocenters. The minimum absolute atomic E-state index is 0.111. The maximum Gasteiger partial charge on any atom is 0.338 e. The quantitative estimate of drug-likeness (QED) is 0.593. The molecule has 8 heteroatoms. The van der Waals surface area contributed by atoms with Crippen molar-refractivity contribution in [3.05, 3.63) is 53.6 Å². The van der Waals surface area contributed by atoms with Crippen molar-refractivity contribution in [2.75, 3.05) is 23.0 Å². The number of nitrogens with one attached hydrogen (secondary N) is 2. The van der Waals surface area contributed by atoms with Crippen LogP contribution in [0.4, 0.5) is 11.4 Å². The Kier molecular flexibility index (Phi) is 6.10. The van der Waals surface area contributed by atoms with Crippen LogP contribution in [0.25, 0.3) is 0 Å². The van der Waals surface area contributed by atoms with Crippen molar-refractivity contribution in [1.29, 1.82) is 0 Å². The van der Waals surface area contributed by atoms with Crippen molar-refractivity contribution in [1.82, 2.24) is 0 Å². The first kappa shape index (κ1) is 19.6. The molecule has 1 aliphatic heterocycles. The number of carbonyl (C=O) groups is 4. The summed E-state index contributed by atoms with van der Waals surface area (Å²) in [5.41, 5.74) is 1.53. The highest BCUT2D eigenvalue weighted by Crippen LogP contribution is 2.31. The smallest absolute Gasteiger partial charge is 0.338 e. The van der Waals surface area contributed by atoms with Crippen molar-refractivity contribution in [2.45, 2.75) is 18.2 Å². The fourth-order valence-corrected chi connectivity index (χ4v) is 3.58. The van der Waals surface area contributed by atoms with Gasteiger partial charge in [-0.3, -0.25) is 14.4 Å². The molecule has 0 spiro atoms. The second kappa shape index (κ2) is 8.71. The minimum atomic E-state index is -0.679. The van der Waals surface area contributed by atoms with Gasteiger partial charge in [-0.05, 0) is 37.3 Å². The van der Waals surface area contributed by atoms with Crippen LogP contribution in [0.1, 0.15) is 34.1 Å². The monoisotopic (exact) mass is 398 g/mol. The molecule has 144 valence electrons. The topological polar surface area (TPSA) is 102 Å². The molecule has 2 aromatic rings. The first-order chi connectivity index (χ1) is 13.4. The standard InChI is InChI=1S/C20H18N2O5S/c1-12(23)14-4-2-3-5-15(14)21-19(25)11-27-20(26)13-6-7-17-16(10-13)22-18(24)8-9-28-17/h2-7,10H,8-9,11H2,1H3,(H,21,25)(H,22,24). The van der Waals surface area contributed by atoms with Gasteiger partial charge in [0, 0.05) is 22.6 Å². The van der Waals surface area contributed by atoms with Crippen LogP contribution in [0.3, 0.4) is 0 Å². The average Bonchev–Trinajstić information content (AvgIpc) is 2.86. The molecule has 0 aromatic heterocycles. The van der Waals surface area contributed by atoms with Crippen LogP contribution in [0.2, 0.25) is 0 Å². The van der Waals surface area contributed by atoms with Gasteiger partial charge in [0.2, 0.25) is 5.91 Å². The van der Waals surface area contributed by atoms with Crippen LogP contribution in [0.5, 0.6) is 0 Å². The summed E-state index contributed by atoms with van der Waals surface area (Å²) in [6.07, 6.45) is 0.404. The lowest BCUT2D eigenvalue weighted by molar-refractivity contribution is -0.119. The Labute approximate surface area is 165 Å². The maximum absolute atomic E-state index is 12.3. The van der Waals surface area contributed by atoms with E-state index in [9.17, 15) is 19.2 Å². The third-order valence-corrected chi connectivity index (χ3v) is 5.07. The number of rotatable bonds is 5. The van der Waals surface area contributed by atoms with E-state index in [1.165, 1.54) is 24.8 Å². The molecule has 7 nitrogen and oxygen atoms in total. The van der Waals surface area contributed by atoms with Crippen molar-refractivity contribution >= 4 is 46.7 Å². The van der Waals surface area contributed by atoms with Gasteiger partial charge in [0.05, 0.1) is 16.9 Å². The van der Waals surface area contributed by atoms with Gasteiger partial charge in [0.25, 0.3) is 5.91 Å². The number of thioether (sulfide) groups is 1. The lowest BCUT2D eigenvalue weighted by atomic mass is 10.1. The van der Waals surface area contributed by atoms with Crippen molar-refractivity contribution in [3.63, 3.8) is 0 Å². The van der Waals surface area contributed by atoms with E-state index in [-0.39, 0.29) is 17.3 Å². The number of hydrogen-bond donors (Lipinski definition) is 2. The Morgan fingerprint density at radius 2 is 1.96 bits per heavy atom. The molecule has 0 fully saturated rings. The predicted octanol–water partition coefficient (Wildman–Crippen LogP) is 3.12. The summed E-state index contributed by atoms with van der Waals surface area (Å²) in [4.78, 5) is 48.5. The lowest BCUT2D eigenvalue weighted by Gasteiger charge is -2.11. The van der Waals surface area contributed by atoms with Gasteiger partial charge >= 0.3 is 5.97 Å². The van der Waals surface area contributed by atoms with Crippen molar-refractivity contribution in [3.8, 4) is 0 Å². The fourth-order valence-electron chi connectivity index (χ4n) is 2.65. The molecule has 0 radical (unpaired) electrons. The summed E-state index contributed by atoms with van der Waals surface area (Å²) in [6.45, 7) is 0.906. The van der Waals surface area contributed by atoms with Crippen molar-refractivity contribution in [2.24, 2.45) is 0 Å². The zero-order valence-corrected chi connectivity index (χ0v) is 15.9. The van der Waals surface area contributed by atoms with E-state index in [1.54, 1.807) is 36.4 Å². The Bertz CT molecular complexity index is 957.